The molecule has 7 nitrogen and oxygen atoms in total. The predicted octanol–water partition coefficient (Wildman–Crippen LogP) is 1.36. The molecule has 2 aliphatic heterocycles. The van der Waals surface area contributed by atoms with Gasteiger partial charge in [0.1, 0.15) is 11.9 Å². The highest BCUT2D eigenvalue weighted by Gasteiger charge is 2.35. The van der Waals surface area contributed by atoms with E-state index in [1.165, 1.54) is 24.0 Å². The number of nitrogens with one attached hydrogen (secondary N) is 1. The predicted molar refractivity (Wildman–Crippen MR) is 84.6 cm³/mol. The van der Waals surface area contributed by atoms with Crippen molar-refractivity contribution in [2.45, 2.75) is 25.6 Å². The lowest BCUT2D eigenvalue weighted by atomic mass is 10.2. The maximum Gasteiger partial charge on any atom is 0.414 e. The molecule has 3 amide bonds. The molecular formula is C16H17F2N3O4. The Balaban J connectivity index is 1.73. The number of anilines is 2. The third-order valence-corrected chi connectivity index (χ3v) is 4.13. The Morgan fingerprint density at radius 2 is 2.12 bits per heavy atom. The van der Waals surface area contributed by atoms with Gasteiger partial charge < -0.3 is 15.0 Å². The second-order valence-corrected chi connectivity index (χ2v) is 5.94. The van der Waals surface area contributed by atoms with E-state index in [0.29, 0.717) is 0 Å². The maximum atomic E-state index is 14.4. The summed E-state index contributed by atoms with van der Waals surface area (Å²) in [6.45, 7) is 1.79. The minimum Gasteiger partial charge on any atom is -0.442 e. The molecule has 1 N–H and O–H groups in total. The van der Waals surface area contributed by atoms with Crippen LogP contribution in [0, 0.1) is 5.82 Å². The van der Waals surface area contributed by atoms with E-state index >= 15 is 0 Å². The summed E-state index contributed by atoms with van der Waals surface area (Å²) in [6, 6.07) is 3.92. The number of hydrogen-bond acceptors (Lipinski definition) is 4. The van der Waals surface area contributed by atoms with Crippen LogP contribution in [0.5, 0.6) is 0 Å². The molecule has 3 rings (SSSR count). The minimum atomic E-state index is -1.61. The molecule has 2 atom stereocenters. The molecule has 0 radical (unpaired) electrons. The molecule has 1 aromatic carbocycles. The summed E-state index contributed by atoms with van der Waals surface area (Å²) in [7, 11) is 0. The first-order chi connectivity index (χ1) is 11.9. The van der Waals surface area contributed by atoms with Crippen LogP contribution in [0.1, 0.15) is 13.3 Å². The molecule has 9 heteroatoms. The quantitative estimate of drug-likeness (QED) is 0.887. The van der Waals surface area contributed by atoms with Crippen molar-refractivity contribution in [3.63, 3.8) is 0 Å². The Morgan fingerprint density at radius 1 is 1.36 bits per heavy atom. The van der Waals surface area contributed by atoms with Gasteiger partial charge in [0, 0.05) is 19.9 Å². The van der Waals surface area contributed by atoms with Gasteiger partial charge in [-0.05, 0) is 18.2 Å². The standard InChI is InChI=1S/C16H17F2N3O4/c1-9(22)19-7-11-8-21(16(24)25-11)10-2-3-14(13(18)6-10)20-5-4-12(17)15(20)23/h2-3,6,11-12H,4-5,7-8H2,1H3,(H,19,22)/t11-,12?/m0/s1. The van der Waals surface area contributed by atoms with Crippen molar-refractivity contribution < 1.29 is 27.9 Å². The molecule has 2 saturated heterocycles. The molecule has 0 saturated carbocycles. The Labute approximate surface area is 142 Å². The van der Waals surface area contributed by atoms with Crippen molar-refractivity contribution in [1.29, 1.82) is 0 Å². The molecule has 134 valence electrons. The fourth-order valence-corrected chi connectivity index (χ4v) is 2.86. The van der Waals surface area contributed by atoms with Crippen LogP contribution in [0.2, 0.25) is 0 Å². The van der Waals surface area contributed by atoms with Gasteiger partial charge in [-0.3, -0.25) is 14.5 Å². The van der Waals surface area contributed by atoms with E-state index < -0.39 is 30.1 Å². The number of benzene rings is 1. The lowest BCUT2D eigenvalue weighted by Gasteiger charge is -2.19. The van der Waals surface area contributed by atoms with Crippen molar-refractivity contribution in [1.82, 2.24) is 5.32 Å². The number of rotatable bonds is 4. The monoisotopic (exact) mass is 353 g/mol. The van der Waals surface area contributed by atoms with Gasteiger partial charge in [0.25, 0.3) is 5.91 Å². The molecule has 1 unspecified atom stereocenters. The van der Waals surface area contributed by atoms with Crippen LogP contribution in [-0.2, 0) is 14.3 Å². The van der Waals surface area contributed by atoms with Gasteiger partial charge in [-0.25, -0.2) is 13.6 Å². The molecule has 2 heterocycles. The van der Waals surface area contributed by atoms with Gasteiger partial charge >= 0.3 is 6.09 Å². The highest BCUT2D eigenvalue weighted by Crippen LogP contribution is 2.30. The van der Waals surface area contributed by atoms with Crippen LogP contribution in [-0.4, -0.2) is 49.8 Å². The highest BCUT2D eigenvalue weighted by molar-refractivity contribution is 5.99. The summed E-state index contributed by atoms with van der Waals surface area (Å²) in [5, 5.41) is 2.55. The number of hydrogen-bond donors (Lipinski definition) is 1. The normalized spacial score (nSPS) is 23.2. The van der Waals surface area contributed by atoms with E-state index in [-0.39, 0.29) is 43.3 Å². The summed E-state index contributed by atoms with van der Waals surface area (Å²) in [4.78, 5) is 36.8. The van der Waals surface area contributed by atoms with E-state index in [1.807, 2.05) is 0 Å². The zero-order valence-electron chi connectivity index (χ0n) is 13.5. The van der Waals surface area contributed by atoms with E-state index in [2.05, 4.69) is 5.32 Å². The average Bonchev–Trinajstić information content (AvgIpc) is 3.09. The van der Waals surface area contributed by atoms with Crippen molar-refractivity contribution in [3.8, 4) is 0 Å². The summed E-state index contributed by atoms with van der Waals surface area (Å²) >= 11 is 0. The number of carbonyl (C=O) groups is 3. The largest absolute Gasteiger partial charge is 0.442 e. The van der Waals surface area contributed by atoms with Crippen LogP contribution >= 0.6 is 0 Å². The third-order valence-electron chi connectivity index (χ3n) is 4.13. The Morgan fingerprint density at radius 3 is 2.72 bits per heavy atom. The first kappa shape index (κ1) is 17.1. The summed E-state index contributed by atoms with van der Waals surface area (Å²) in [6.07, 6.45) is -2.76. The number of ether oxygens (including phenoxy) is 1. The molecule has 0 bridgehead atoms. The average molecular weight is 353 g/mol. The Bertz CT molecular complexity index is 727. The van der Waals surface area contributed by atoms with E-state index in [0.717, 1.165) is 11.0 Å². The van der Waals surface area contributed by atoms with Gasteiger partial charge in [0.05, 0.1) is 24.5 Å². The molecule has 0 aliphatic carbocycles. The molecular weight excluding hydrogens is 336 g/mol. The number of cyclic esters (lactones) is 1. The van der Waals surface area contributed by atoms with Crippen LogP contribution in [0.15, 0.2) is 18.2 Å². The smallest absolute Gasteiger partial charge is 0.414 e. The van der Waals surface area contributed by atoms with E-state index in [9.17, 15) is 23.2 Å². The number of alkyl halides is 1. The molecule has 0 aromatic heterocycles. The zero-order valence-corrected chi connectivity index (χ0v) is 13.5. The second-order valence-electron chi connectivity index (χ2n) is 5.94. The molecule has 2 aliphatic rings. The first-order valence-corrected chi connectivity index (χ1v) is 7.84. The lowest BCUT2D eigenvalue weighted by Crippen LogP contribution is -2.33. The first-order valence-electron chi connectivity index (χ1n) is 7.84. The molecule has 25 heavy (non-hydrogen) atoms. The summed E-state index contributed by atoms with van der Waals surface area (Å²) in [5.74, 6) is -1.73. The van der Waals surface area contributed by atoms with Gasteiger partial charge in [-0.2, -0.15) is 0 Å². The number of amides is 3. The fourth-order valence-electron chi connectivity index (χ4n) is 2.86. The topological polar surface area (TPSA) is 79.0 Å². The van der Waals surface area contributed by atoms with E-state index in [4.69, 9.17) is 4.74 Å². The van der Waals surface area contributed by atoms with Crippen LogP contribution in [0.4, 0.5) is 25.0 Å². The van der Waals surface area contributed by atoms with Crippen LogP contribution in [0.25, 0.3) is 0 Å². The molecule has 1 aromatic rings. The van der Waals surface area contributed by atoms with Gasteiger partial charge in [0.15, 0.2) is 6.17 Å². The van der Waals surface area contributed by atoms with Crippen molar-refractivity contribution in [2.24, 2.45) is 0 Å². The summed E-state index contributed by atoms with van der Waals surface area (Å²) < 4.78 is 32.8. The van der Waals surface area contributed by atoms with E-state index in [1.54, 1.807) is 0 Å². The van der Waals surface area contributed by atoms with Crippen LogP contribution in [0.3, 0.4) is 0 Å². The maximum absolute atomic E-state index is 14.4. The number of halogens is 2. The SMILES string of the molecule is CC(=O)NC[C@H]1CN(c2ccc(N3CCC(F)C3=O)c(F)c2)C(=O)O1. The summed E-state index contributed by atoms with van der Waals surface area (Å²) in [5.41, 5.74) is 0.247. The fraction of sp³-hybridized carbons (Fsp3) is 0.438. The molecule has 2 fully saturated rings. The minimum absolute atomic E-state index is 0.0174. The molecule has 0 spiro atoms. The van der Waals surface area contributed by atoms with Crippen LogP contribution < -0.4 is 15.1 Å². The second kappa shape index (κ2) is 6.66. The van der Waals surface area contributed by atoms with Crippen molar-refractivity contribution in [2.75, 3.05) is 29.4 Å². The van der Waals surface area contributed by atoms with Gasteiger partial charge in [0.2, 0.25) is 5.91 Å². The van der Waals surface area contributed by atoms with Crippen molar-refractivity contribution >= 4 is 29.3 Å². The lowest BCUT2D eigenvalue weighted by molar-refractivity contribution is -0.121. The van der Waals surface area contributed by atoms with Gasteiger partial charge in [-0.15, -0.1) is 0 Å². The van der Waals surface area contributed by atoms with Gasteiger partial charge in [-0.1, -0.05) is 0 Å². The third kappa shape index (κ3) is 3.40. The highest BCUT2D eigenvalue weighted by atomic mass is 19.1. The van der Waals surface area contributed by atoms with Crippen molar-refractivity contribution in [3.05, 3.63) is 24.0 Å². The Kier molecular flexibility index (Phi) is 4.56. The number of carbonyl (C=O) groups excluding carboxylic acids is 3. The Hall–Kier alpha value is -2.71. The number of nitrogens with zero attached hydrogens (tertiary/aromatic N) is 2. The zero-order chi connectivity index (χ0) is 18.1.